The summed E-state index contributed by atoms with van der Waals surface area (Å²) in [6.45, 7) is 1.18. The monoisotopic (exact) mass is 469 g/mol. The van der Waals surface area contributed by atoms with E-state index in [0.717, 1.165) is 11.1 Å². The zero-order chi connectivity index (χ0) is 24.5. The van der Waals surface area contributed by atoms with Crippen LogP contribution in [0.25, 0.3) is 0 Å². The Morgan fingerprint density at radius 1 is 0.771 bits per heavy atom. The molecule has 1 amide bonds. The van der Waals surface area contributed by atoms with Crippen molar-refractivity contribution in [3.63, 3.8) is 0 Å². The van der Waals surface area contributed by atoms with Crippen LogP contribution >= 0.6 is 0 Å². The Morgan fingerprint density at radius 3 is 1.91 bits per heavy atom. The Bertz CT molecular complexity index is 1380. The zero-order valence-electron chi connectivity index (χ0n) is 19.4. The molecule has 0 atom stereocenters. The van der Waals surface area contributed by atoms with Crippen molar-refractivity contribution in [2.75, 3.05) is 20.9 Å². The molecule has 8 nitrogen and oxygen atoms in total. The lowest BCUT2D eigenvalue weighted by Crippen LogP contribution is -2.41. The van der Waals surface area contributed by atoms with Crippen molar-refractivity contribution < 1.29 is 23.9 Å². The first-order valence-corrected chi connectivity index (χ1v) is 11.1. The van der Waals surface area contributed by atoms with E-state index < -0.39 is 0 Å². The molecule has 0 saturated heterocycles. The lowest BCUT2D eigenvalue weighted by atomic mass is 10.0. The highest BCUT2D eigenvalue weighted by molar-refractivity contribution is 6.12. The molecule has 8 bridgehead atoms. The second kappa shape index (κ2) is 9.06. The number of benzene rings is 2. The van der Waals surface area contributed by atoms with Crippen molar-refractivity contribution in [2.24, 2.45) is 0 Å². The first-order chi connectivity index (χ1) is 17.0. The maximum absolute atomic E-state index is 13.5. The maximum atomic E-state index is 13.5. The predicted octanol–water partition coefficient (Wildman–Crippen LogP) is 3.19. The molecule has 35 heavy (non-hydrogen) atoms. The standard InChI is InChI=1S/C27H23N3O5/c1-34-23-8-6-17-12-19(23)26(32)21-4-3-5-22(28-21)27(33)20-13-18(7-9-24(20)35-2)15-30-16-29(14-17)11-10-25(30)31/h3-13H,14-16H2,1-2H3. The number of ether oxygens (including phenoxy) is 2. The highest BCUT2D eigenvalue weighted by Gasteiger charge is 2.24. The number of hydrogen-bond donors (Lipinski definition) is 0. The summed E-state index contributed by atoms with van der Waals surface area (Å²) in [5, 5.41) is 0. The van der Waals surface area contributed by atoms with Gasteiger partial charge in [-0.2, -0.15) is 0 Å². The summed E-state index contributed by atoms with van der Waals surface area (Å²) in [5.41, 5.74) is 2.58. The van der Waals surface area contributed by atoms with E-state index >= 15 is 0 Å². The molecule has 0 saturated carbocycles. The number of amides is 1. The fraction of sp³-hybridized carbons (Fsp3) is 0.185. The quantitative estimate of drug-likeness (QED) is 0.570. The molecule has 2 aliphatic heterocycles. The van der Waals surface area contributed by atoms with Crippen LogP contribution in [0.4, 0.5) is 0 Å². The first kappa shape index (κ1) is 22.3. The summed E-state index contributed by atoms with van der Waals surface area (Å²) in [4.78, 5) is 47.6. The molecule has 0 fully saturated rings. The van der Waals surface area contributed by atoms with Crippen LogP contribution in [0.1, 0.15) is 43.2 Å². The number of pyridine rings is 1. The number of fused-ring (bicyclic) bond motifs is 8. The van der Waals surface area contributed by atoms with E-state index in [1.54, 1.807) is 53.6 Å². The summed E-state index contributed by atoms with van der Waals surface area (Å²) in [6, 6.07) is 15.4. The van der Waals surface area contributed by atoms with Gasteiger partial charge < -0.3 is 19.3 Å². The predicted molar refractivity (Wildman–Crippen MR) is 127 cm³/mol. The van der Waals surface area contributed by atoms with Gasteiger partial charge in [-0.15, -0.1) is 0 Å². The molecule has 0 N–H and O–H groups in total. The summed E-state index contributed by atoms with van der Waals surface area (Å²) in [6.07, 6.45) is 3.27. The summed E-state index contributed by atoms with van der Waals surface area (Å²) in [5.74, 6) is -0.0427. The van der Waals surface area contributed by atoms with Crippen molar-refractivity contribution in [2.45, 2.75) is 13.1 Å². The Hall–Kier alpha value is -4.46. The third-order valence-corrected chi connectivity index (χ3v) is 6.08. The minimum atomic E-state index is -0.377. The smallest absolute Gasteiger partial charge is 0.249 e. The van der Waals surface area contributed by atoms with Gasteiger partial charge in [0, 0.05) is 25.4 Å². The average Bonchev–Trinajstić information content (AvgIpc) is 2.89. The number of carbonyl (C=O) groups is 3. The molecule has 2 aromatic carbocycles. The van der Waals surface area contributed by atoms with E-state index in [4.69, 9.17) is 9.47 Å². The van der Waals surface area contributed by atoms with Crippen molar-refractivity contribution in [3.8, 4) is 11.5 Å². The third-order valence-electron chi connectivity index (χ3n) is 6.08. The lowest BCUT2D eigenvalue weighted by molar-refractivity contribution is -0.129. The highest BCUT2D eigenvalue weighted by atomic mass is 16.5. The van der Waals surface area contributed by atoms with E-state index in [1.807, 2.05) is 17.0 Å². The molecule has 5 rings (SSSR count). The normalized spacial score (nSPS) is 15.3. The third kappa shape index (κ3) is 4.26. The Labute approximate surface area is 202 Å². The van der Waals surface area contributed by atoms with Gasteiger partial charge >= 0.3 is 0 Å². The molecular weight excluding hydrogens is 446 g/mol. The van der Waals surface area contributed by atoms with E-state index in [1.165, 1.54) is 20.3 Å². The summed E-state index contributed by atoms with van der Waals surface area (Å²) in [7, 11) is 2.99. The Kier molecular flexibility index (Phi) is 5.78. The second-order valence-electron chi connectivity index (χ2n) is 8.38. The van der Waals surface area contributed by atoms with Crippen LogP contribution in [-0.2, 0) is 17.9 Å². The fourth-order valence-corrected chi connectivity index (χ4v) is 4.32. The summed E-state index contributed by atoms with van der Waals surface area (Å²) >= 11 is 0. The number of carbonyl (C=O) groups excluding carboxylic acids is 3. The van der Waals surface area contributed by atoms with Crippen LogP contribution < -0.4 is 9.47 Å². The molecular formula is C27H23N3O5. The van der Waals surface area contributed by atoms with Crippen LogP contribution in [-0.4, -0.2) is 53.1 Å². The minimum Gasteiger partial charge on any atom is -0.496 e. The van der Waals surface area contributed by atoms with Crippen molar-refractivity contribution in [3.05, 3.63) is 101 Å². The molecule has 1 aromatic heterocycles. The average molecular weight is 469 g/mol. The molecule has 2 aliphatic rings. The van der Waals surface area contributed by atoms with Gasteiger partial charge in [-0.05, 0) is 47.5 Å². The van der Waals surface area contributed by atoms with Crippen molar-refractivity contribution in [1.82, 2.24) is 14.8 Å². The molecule has 0 unspecified atom stereocenters. The molecule has 176 valence electrons. The fourth-order valence-electron chi connectivity index (χ4n) is 4.32. The van der Waals surface area contributed by atoms with Crippen LogP contribution in [0.3, 0.4) is 0 Å². The van der Waals surface area contributed by atoms with E-state index in [9.17, 15) is 14.4 Å². The van der Waals surface area contributed by atoms with Crippen LogP contribution in [0, 0.1) is 0 Å². The topological polar surface area (TPSA) is 89.0 Å². The summed E-state index contributed by atoms with van der Waals surface area (Å²) < 4.78 is 10.9. The SMILES string of the molecule is COc1ccc2cc1C(=O)c1cccc(n1)C(=O)c1cc(ccc1OC)CN1CN(C=CC1=O)C2. The number of hydrogen-bond acceptors (Lipinski definition) is 7. The molecule has 0 aliphatic carbocycles. The number of methoxy groups -OCH3 is 2. The van der Waals surface area contributed by atoms with E-state index in [2.05, 4.69) is 4.98 Å². The number of nitrogens with zero attached hydrogens (tertiary/aromatic N) is 3. The van der Waals surface area contributed by atoms with Crippen molar-refractivity contribution in [1.29, 1.82) is 0 Å². The van der Waals surface area contributed by atoms with Gasteiger partial charge in [-0.25, -0.2) is 4.98 Å². The van der Waals surface area contributed by atoms with Gasteiger partial charge in [0.2, 0.25) is 17.5 Å². The number of ketones is 2. The highest BCUT2D eigenvalue weighted by Crippen LogP contribution is 2.27. The number of rotatable bonds is 2. The van der Waals surface area contributed by atoms with Crippen LogP contribution in [0.2, 0.25) is 0 Å². The van der Waals surface area contributed by atoms with Gasteiger partial charge in [0.05, 0.1) is 32.0 Å². The Balaban J connectivity index is 1.68. The molecule has 3 aromatic rings. The van der Waals surface area contributed by atoms with Gasteiger partial charge in [-0.1, -0.05) is 18.2 Å². The van der Waals surface area contributed by atoms with Gasteiger partial charge in [0.15, 0.2) is 0 Å². The Morgan fingerprint density at radius 2 is 1.34 bits per heavy atom. The van der Waals surface area contributed by atoms with Gasteiger partial charge in [0.1, 0.15) is 22.9 Å². The molecule has 8 heteroatoms. The maximum Gasteiger partial charge on any atom is 0.249 e. The lowest BCUT2D eigenvalue weighted by Gasteiger charge is -2.33. The van der Waals surface area contributed by atoms with Gasteiger partial charge in [-0.3, -0.25) is 14.4 Å². The minimum absolute atomic E-state index is 0.119. The molecule has 0 spiro atoms. The zero-order valence-corrected chi connectivity index (χ0v) is 19.4. The molecule has 3 heterocycles. The first-order valence-electron chi connectivity index (χ1n) is 11.1. The largest absolute Gasteiger partial charge is 0.496 e. The van der Waals surface area contributed by atoms with Crippen LogP contribution in [0.5, 0.6) is 11.5 Å². The molecule has 0 radical (unpaired) electrons. The number of aromatic nitrogens is 1. The van der Waals surface area contributed by atoms with Crippen molar-refractivity contribution >= 4 is 17.5 Å². The van der Waals surface area contributed by atoms with E-state index in [0.29, 0.717) is 42.4 Å². The van der Waals surface area contributed by atoms with E-state index in [-0.39, 0.29) is 28.9 Å². The van der Waals surface area contributed by atoms with Crippen LogP contribution in [0.15, 0.2) is 66.9 Å². The van der Waals surface area contributed by atoms with Gasteiger partial charge in [0.25, 0.3) is 0 Å². The second-order valence-corrected chi connectivity index (χ2v) is 8.38.